The van der Waals surface area contributed by atoms with Crippen LogP contribution in [0.5, 0.6) is 0 Å². The van der Waals surface area contributed by atoms with Gasteiger partial charge in [0.25, 0.3) is 0 Å². The number of aromatic nitrogens is 2. The number of aryl methyl sites for hydroxylation is 2. The van der Waals surface area contributed by atoms with E-state index in [1.165, 1.54) is 17.3 Å². The molecule has 1 unspecified atom stereocenters. The zero-order valence-electron chi connectivity index (χ0n) is 17.9. The average molecular weight is 389 g/mol. The molecule has 0 saturated heterocycles. The lowest BCUT2D eigenvalue weighted by Gasteiger charge is -2.21. The van der Waals surface area contributed by atoms with E-state index in [0.717, 1.165) is 37.6 Å². The summed E-state index contributed by atoms with van der Waals surface area (Å²) in [4.78, 5) is 6.24. The van der Waals surface area contributed by atoms with Gasteiger partial charge in [-0.3, -0.25) is 9.67 Å². The minimum atomic E-state index is -0.190. The van der Waals surface area contributed by atoms with Crippen LogP contribution < -0.4 is 15.5 Å². The van der Waals surface area contributed by atoms with Gasteiger partial charge in [0.15, 0.2) is 5.96 Å². The number of halogens is 1. The summed E-state index contributed by atoms with van der Waals surface area (Å²) in [6.07, 6.45) is 1.77. The number of nitrogens with zero attached hydrogens (tertiary/aromatic N) is 4. The van der Waals surface area contributed by atoms with Crippen LogP contribution in [0.3, 0.4) is 0 Å². The molecule has 154 valence electrons. The topological polar surface area (TPSA) is 57.5 Å². The zero-order valence-corrected chi connectivity index (χ0v) is 17.9. The summed E-state index contributed by atoms with van der Waals surface area (Å²) in [5.74, 6) is 0.588. The molecule has 2 aromatic rings. The van der Waals surface area contributed by atoms with Crippen molar-refractivity contribution in [2.75, 3.05) is 32.1 Å². The Balaban J connectivity index is 1.77. The predicted molar refractivity (Wildman–Crippen MR) is 115 cm³/mol. The number of hydrogen-bond acceptors (Lipinski definition) is 3. The lowest BCUT2D eigenvalue weighted by atomic mass is 10.1. The summed E-state index contributed by atoms with van der Waals surface area (Å²) in [7, 11) is 5.66. The maximum absolute atomic E-state index is 13.8. The van der Waals surface area contributed by atoms with Crippen molar-refractivity contribution in [2.45, 2.75) is 39.7 Å². The Morgan fingerprint density at radius 2 is 2.04 bits per heavy atom. The van der Waals surface area contributed by atoms with E-state index in [-0.39, 0.29) is 11.9 Å². The number of hydrogen-bond donors (Lipinski definition) is 2. The second kappa shape index (κ2) is 10.1. The third kappa shape index (κ3) is 5.71. The van der Waals surface area contributed by atoms with Crippen molar-refractivity contribution in [3.8, 4) is 0 Å². The van der Waals surface area contributed by atoms with Crippen LogP contribution in [0.15, 0.2) is 29.3 Å². The standard InChI is InChI=1S/C21H33FN6/c1-15(14-18-16(2)26-28(6)17(18)3)25-21(23-4)24-12-9-13-27(5)20-11-8-7-10-19(20)22/h7-8,10-11,15H,9,12-14H2,1-6H3,(H2,23,24,25). The summed E-state index contributed by atoms with van der Waals surface area (Å²) >= 11 is 0. The number of para-hydroxylation sites is 1. The third-order valence-corrected chi connectivity index (χ3v) is 5.00. The molecule has 0 spiro atoms. The quantitative estimate of drug-likeness (QED) is 0.415. The molecule has 1 aromatic carbocycles. The fourth-order valence-electron chi connectivity index (χ4n) is 3.30. The van der Waals surface area contributed by atoms with Crippen LogP contribution in [0.4, 0.5) is 10.1 Å². The molecule has 28 heavy (non-hydrogen) atoms. The Bertz CT molecular complexity index is 798. The van der Waals surface area contributed by atoms with Crippen LogP contribution >= 0.6 is 0 Å². The summed E-state index contributed by atoms with van der Waals surface area (Å²) in [5, 5.41) is 11.3. The molecule has 0 aliphatic heterocycles. The second-order valence-corrected chi connectivity index (χ2v) is 7.25. The molecular weight excluding hydrogens is 355 g/mol. The maximum atomic E-state index is 13.8. The summed E-state index contributed by atoms with van der Waals surface area (Å²) < 4.78 is 15.7. The number of aliphatic imine (C=N–C) groups is 1. The molecule has 7 heteroatoms. The van der Waals surface area contributed by atoms with E-state index in [4.69, 9.17) is 0 Å². The van der Waals surface area contributed by atoms with Crippen LogP contribution in [0, 0.1) is 19.7 Å². The number of rotatable bonds is 8. The number of benzene rings is 1. The van der Waals surface area contributed by atoms with Crippen molar-refractivity contribution in [1.29, 1.82) is 0 Å². The summed E-state index contributed by atoms with van der Waals surface area (Å²) in [5.41, 5.74) is 4.18. The molecule has 2 N–H and O–H groups in total. The highest BCUT2D eigenvalue weighted by atomic mass is 19.1. The molecule has 6 nitrogen and oxygen atoms in total. The fourth-order valence-corrected chi connectivity index (χ4v) is 3.30. The molecule has 0 bridgehead atoms. The minimum absolute atomic E-state index is 0.190. The van der Waals surface area contributed by atoms with Crippen molar-refractivity contribution < 1.29 is 4.39 Å². The molecule has 1 heterocycles. The van der Waals surface area contributed by atoms with Crippen LogP contribution in [0.1, 0.15) is 30.3 Å². The van der Waals surface area contributed by atoms with Gasteiger partial charge in [-0.05, 0) is 51.3 Å². The van der Waals surface area contributed by atoms with Gasteiger partial charge < -0.3 is 15.5 Å². The lowest BCUT2D eigenvalue weighted by Crippen LogP contribution is -2.43. The van der Waals surface area contributed by atoms with Gasteiger partial charge >= 0.3 is 0 Å². The van der Waals surface area contributed by atoms with Gasteiger partial charge in [0.05, 0.1) is 11.4 Å². The highest BCUT2D eigenvalue weighted by Crippen LogP contribution is 2.17. The van der Waals surface area contributed by atoms with Crippen molar-refractivity contribution in [3.63, 3.8) is 0 Å². The Morgan fingerprint density at radius 3 is 2.64 bits per heavy atom. The first-order valence-corrected chi connectivity index (χ1v) is 9.75. The van der Waals surface area contributed by atoms with Crippen molar-refractivity contribution >= 4 is 11.6 Å². The van der Waals surface area contributed by atoms with Gasteiger partial charge in [-0.1, -0.05) is 12.1 Å². The van der Waals surface area contributed by atoms with Crippen LogP contribution in [-0.2, 0) is 13.5 Å². The molecule has 1 atom stereocenters. The number of nitrogens with one attached hydrogen (secondary N) is 2. The molecule has 0 radical (unpaired) electrons. The van der Waals surface area contributed by atoms with Gasteiger partial charge in [-0.25, -0.2) is 4.39 Å². The molecule has 0 aliphatic rings. The number of anilines is 1. The van der Waals surface area contributed by atoms with Crippen LogP contribution in [0.2, 0.25) is 0 Å². The van der Waals surface area contributed by atoms with Gasteiger partial charge in [0.2, 0.25) is 0 Å². The van der Waals surface area contributed by atoms with Gasteiger partial charge in [-0.2, -0.15) is 5.10 Å². The van der Waals surface area contributed by atoms with E-state index in [1.54, 1.807) is 19.2 Å². The fraction of sp³-hybridized carbons (Fsp3) is 0.524. The molecule has 2 rings (SSSR count). The highest BCUT2D eigenvalue weighted by molar-refractivity contribution is 5.79. The Kier molecular flexibility index (Phi) is 7.84. The van der Waals surface area contributed by atoms with E-state index in [1.807, 2.05) is 36.7 Å². The first-order chi connectivity index (χ1) is 13.3. The van der Waals surface area contributed by atoms with Gasteiger partial charge in [0.1, 0.15) is 5.82 Å². The molecular formula is C21H33FN6. The van der Waals surface area contributed by atoms with Crippen LogP contribution in [0.25, 0.3) is 0 Å². The molecule has 0 saturated carbocycles. The average Bonchev–Trinajstić information content (AvgIpc) is 2.90. The summed E-state index contributed by atoms with van der Waals surface area (Å²) in [6.45, 7) is 7.81. The minimum Gasteiger partial charge on any atom is -0.372 e. The highest BCUT2D eigenvalue weighted by Gasteiger charge is 2.14. The van der Waals surface area contributed by atoms with Gasteiger partial charge in [-0.15, -0.1) is 0 Å². The first-order valence-electron chi connectivity index (χ1n) is 9.75. The smallest absolute Gasteiger partial charge is 0.191 e. The Labute approximate surface area is 167 Å². The monoisotopic (exact) mass is 388 g/mol. The Morgan fingerprint density at radius 1 is 1.32 bits per heavy atom. The lowest BCUT2D eigenvalue weighted by molar-refractivity contribution is 0.616. The van der Waals surface area contributed by atoms with Crippen molar-refractivity contribution in [1.82, 2.24) is 20.4 Å². The van der Waals surface area contributed by atoms with E-state index in [2.05, 4.69) is 34.6 Å². The molecule has 1 aromatic heterocycles. The largest absolute Gasteiger partial charge is 0.372 e. The molecule has 0 fully saturated rings. The first kappa shape index (κ1) is 21.7. The molecule has 0 amide bonds. The van der Waals surface area contributed by atoms with E-state index in [9.17, 15) is 4.39 Å². The van der Waals surface area contributed by atoms with E-state index in [0.29, 0.717) is 5.69 Å². The van der Waals surface area contributed by atoms with E-state index < -0.39 is 0 Å². The normalized spacial score (nSPS) is 12.8. The van der Waals surface area contributed by atoms with Gasteiger partial charge in [0, 0.05) is 46.0 Å². The van der Waals surface area contributed by atoms with Crippen LogP contribution in [-0.4, -0.2) is 49.0 Å². The Hall–Kier alpha value is -2.57. The molecule has 0 aliphatic carbocycles. The van der Waals surface area contributed by atoms with Crippen molar-refractivity contribution in [2.24, 2.45) is 12.0 Å². The third-order valence-electron chi connectivity index (χ3n) is 5.00. The second-order valence-electron chi connectivity index (χ2n) is 7.25. The predicted octanol–water partition coefficient (Wildman–Crippen LogP) is 2.80. The maximum Gasteiger partial charge on any atom is 0.191 e. The SMILES string of the molecule is CN=C(NCCCN(C)c1ccccc1F)NC(C)Cc1c(C)nn(C)c1C. The zero-order chi connectivity index (χ0) is 20.7. The van der Waals surface area contributed by atoms with Crippen molar-refractivity contribution in [3.05, 3.63) is 47.0 Å². The number of guanidine groups is 1. The summed E-state index contributed by atoms with van der Waals surface area (Å²) in [6, 6.07) is 7.08. The van der Waals surface area contributed by atoms with E-state index >= 15 is 0 Å².